The average Bonchev–Trinajstić information content (AvgIpc) is 2.88. The van der Waals surface area contributed by atoms with Crippen LogP contribution in [-0.4, -0.2) is 48.2 Å². The molecule has 1 aromatic carbocycles. The molecule has 0 amide bonds. The quantitative estimate of drug-likeness (QED) is 0.769. The summed E-state index contributed by atoms with van der Waals surface area (Å²) in [6, 6.07) is 6.80. The van der Waals surface area contributed by atoms with Crippen LogP contribution in [0.25, 0.3) is 0 Å². The number of likely N-dealkylation sites (N-methyl/N-ethyl adjacent to an activating group) is 1. The van der Waals surface area contributed by atoms with Gasteiger partial charge in [0.05, 0.1) is 19.9 Å². The smallest absolute Gasteiger partial charge is 0.214 e. The molecule has 0 saturated carbocycles. The zero-order valence-electron chi connectivity index (χ0n) is 12.3. The van der Waals surface area contributed by atoms with E-state index in [0.29, 0.717) is 28.6 Å². The predicted octanol–water partition coefficient (Wildman–Crippen LogP) is 2.34. The van der Waals surface area contributed by atoms with Crippen molar-refractivity contribution < 1.29 is 9.53 Å². The van der Waals surface area contributed by atoms with Gasteiger partial charge in [-0.3, -0.25) is 9.48 Å². The predicted molar refractivity (Wildman–Crippen MR) is 82.2 cm³/mol. The Bertz CT molecular complexity index is 620. The number of ether oxygens (including phenoxy) is 1. The van der Waals surface area contributed by atoms with Crippen molar-refractivity contribution in [1.29, 1.82) is 0 Å². The van der Waals surface area contributed by atoms with Crippen LogP contribution in [0.2, 0.25) is 5.02 Å². The number of ketones is 1. The lowest BCUT2D eigenvalue weighted by Crippen LogP contribution is -2.21. The molecule has 5 nitrogen and oxygen atoms in total. The first-order valence-electron chi connectivity index (χ1n) is 6.57. The molecule has 0 aliphatic heterocycles. The van der Waals surface area contributed by atoms with E-state index in [9.17, 15) is 4.79 Å². The first-order valence-corrected chi connectivity index (χ1v) is 6.95. The van der Waals surface area contributed by atoms with E-state index < -0.39 is 0 Å². The highest BCUT2D eigenvalue weighted by atomic mass is 35.5. The van der Waals surface area contributed by atoms with Crippen LogP contribution >= 0.6 is 11.6 Å². The molecular weight excluding hydrogens is 290 g/mol. The molecular formula is C15H18ClN3O2. The first kappa shape index (κ1) is 15.5. The second-order valence-electron chi connectivity index (χ2n) is 4.92. The lowest BCUT2D eigenvalue weighted by atomic mass is 10.1. The Balaban J connectivity index is 2.34. The monoisotopic (exact) mass is 307 g/mol. The van der Waals surface area contributed by atoms with Gasteiger partial charge in [-0.2, -0.15) is 5.10 Å². The van der Waals surface area contributed by atoms with E-state index in [1.165, 1.54) is 7.11 Å². The molecule has 0 radical (unpaired) electrons. The summed E-state index contributed by atoms with van der Waals surface area (Å²) in [5, 5.41) is 4.84. The molecule has 0 N–H and O–H groups in total. The van der Waals surface area contributed by atoms with Gasteiger partial charge in [-0.05, 0) is 38.4 Å². The summed E-state index contributed by atoms with van der Waals surface area (Å²) >= 11 is 5.86. The molecule has 112 valence electrons. The van der Waals surface area contributed by atoms with Crippen molar-refractivity contribution in [2.45, 2.75) is 6.54 Å². The van der Waals surface area contributed by atoms with E-state index in [-0.39, 0.29) is 5.78 Å². The van der Waals surface area contributed by atoms with Crippen LogP contribution in [0.5, 0.6) is 5.75 Å². The summed E-state index contributed by atoms with van der Waals surface area (Å²) in [5.41, 5.74) is 1.02. The molecule has 2 rings (SSSR count). The number of hydrogen-bond acceptors (Lipinski definition) is 4. The highest BCUT2D eigenvalue weighted by Gasteiger charge is 2.20. The van der Waals surface area contributed by atoms with Crippen molar-refractivity contribution >= 4 is 17.4 Å². The highest BCUT2D eigenvalue weighted by molar-refractivity contribution is 6.30. The van der Waals surface area contributed by atoms with Crippen LogP contribution in [0.15, 0.2) is 30.5 Å². The minimum absolute atomic E-state index is 0.125. The summed E-state index contributed by atoms with van der Waals surface area (Å²) in [6.45, 7) is 1.40. The zero-order chi connectivity index (χ0) is 15.4. The second kappa shape index (κ2) is 6.74. The van der Waals surface area contributed by atoms with Crippen LogP contribution < -0.4 is 4.74 Å². The normalized spacial score (nSPS) is 10.9. The van der Waals surface area contributed by atoms with Crippen LogP contribution in [0.1, 0.15) is 16.1 Å². The fourth-order valence-electron chi connectivity index (χ4n) is 1.95. The van der Waals surface area contributed by atoms with Gasteiger partial charge in [-0.15, -0.1) is 0 Å². The van der Waals surface area contributed by atoms with Gasteiger partial charge in [0.25, 0.3) is 0 Å². The van der Waals surface area contributed by atoms with Crippen molar-refractivity contribution in [3.63, 3.8) is 0 Å². The third kappa shape index (κ3) is 3.62. The molecule has 0 fully saturated rings. The topological polar surface area (TPSA) is 47.4 Å². The van der Waals surface area contributed by atoms with Gasteiger partial charge < -0.3 is 9.64 Å². The Labute approximate surface area is 129 Å². The van der Waals surface area contributed by atoms with Gasteiger partial charge in [-0.1, -0.05) is 11.6 Å². The van der Waals surface area contributed by atoms with Gasteiger partial charge in [0, 0.05) is 17.1 Å². The van der Waals surface area contributed by atoms with Gasteiger partial charge in [0.1, 0.15) is 0 Å². The number of methoxy groups -OCH3 is 1. The fraction of sp³-hybridized carbons (Fsp3) is 0.333. The van der Waals surface area contributed by atoms with Crippen LogP contribution in [0.4, 0.5) is 0 Å². The Kier molecular flexibility index (Phi) is 4.98. The molecule has 0 aliphatic carbocycles. The maximum atomic E-state index is 12.7. The lowest BCUT2D eigenvalue weighted by molar-refractivity contribution is 0.102. The van der Waals surface area contributed by atoms with Gasteiger partial charge >= 0.3 is 0 Å². The first-order chi connectivity index (χ1) is 10.0. The summed E-state index contributed by atoms with van der Waals surface area (Å²) < 4.78 is 6.93. The zero-order valence-corrected chi connectivity index (χ0v) is 13.1. The molecule has 0 atom stereocenters. The van der Waals surface area contributed by atoms with Gasteiger partial charge in [0.15, 0.2) is 11.4 Å². The standard InChI is InChI=1S/C15H18ClN3O2/c1-18(2)8-9-19-14(13(21-3)10-17-19)15(20)11-4-6-12(16)7-5-11/h4-7,10H,8-9H2,1-3H3. The number of nitrogens with zero attached hydrogens (tertiary/aromatic N) is 3. The summed E-state index contributed by atoms with van der Waals surface area (Å²) in [4.78, 5) is 14.7. The van der Waals surface area contributed by atoms with Crippen molar-refractivity contribution in [1.82, 2.24) is 14.7 Å². The minimum Gasteiger partial charge on any atom is -0.493 e. The molecule has 1 heterocycles. The second-order valence-corrected chi connectivity index (χ2v) is 5.36. The van der Waals surface area contributed by atoms with Gasteiger partial charge in [0.2, 0.25) is 5.78 Å². The van der Waals surface area contributed by atoms with E-state index in [1.54, 1.807) is 35.1 Å². The van der Waals surface area contributed by atoms with Crippen LogP contribution in [0, 0.1) is 0 Å². The van der Waals surface area contributed by atoms with Crippen molar-refractivity contribution in [3.05, 3.63) is 46.7 Å². The molecule has 0 spiro atoms. The molecule has 0 saturated heterocycles. The fourth-order valence-corrected chi connectivity index (χ4v) is 2.07. The maximum Gasteiger partial charge on any atom is 0.214 e. The number of carbonyl (C=O) groups excluding carboxylic acids is 1. The average molecular weight is 308 g/mol. The Hall–Kier alpha value is -1.85. The van der Waals surface area contributed by atoms with Crippen LogP contribution in [0.3, 0.4) is 0 Å². The highest BCUT2D eigenvalue weighted by Crippen LogP contribution is 2.22. The third-order valence-corrected chi connectivity index (χ3v) is 3.36. The molecule has 0 bridgehead atoms. The summed E-state index contributed by atoms with van der Waals surface area (Å²) in [5.74, 6) is 0.355. The van der Waals surface area contributed by atoms with E-state index in [0.717, 1.165) is 6.54 Å². The lowest BCUT2D eigenvalue weighted by Gasteiger charge is -2.12. The molecule has 0 unspecified atom stereocenters. The molecule has 0 aliphatic rings. The number of benzene rings is 1. The molecule has 2 aromatic rings. The number of carbonyl (C=O) groups is 1. The maximum absolute atomic E-state index is 12.7. The number of rotatable bonds is 6. The van der Waals surface area contributed by atoms with Crippen molar-refractivity contribution in [3.8, 4) is 5.75 Å². The van der Waals surface area contributed by atoms with E-state index >= 15 is 0 Å². The largest absolute Gasteiger partial charge is 0.493 e. The summed E-state index contributed by atoms with van der Waals surface area (Å²) in [7, 11) is 5.48. The van der Waals surface area contributed by atoms with Gasteiger partial charge in [-0.25, -0.2) is 0 Å². The third-order valence-electron chi connectivity index (χ3n) is 3.11. The van der Waals surface area contributed by atoms with E-state index in [4.69, 9.17) is 16.3 Å². The van der Waals surface area contributed by atoms with E-state index in [2.05, 4.69) is 5.10 Å². The molecule has 1 aromatic heterocycles. The Morgan fingerprint density at radius 2 is 2.00 bits per heavy atom. The molecule has 21 heavy (non-hydrogen) atoms. The van der Waals surface area contributed by atoms with Crippen molar-refractivity contribution in [2.75, 3.05) is 27.7 Å². The summed E-state index contributed by atoms with van der Waals surface area (Å²) in [6.07, 6.45) is 1.57. The van der Waals surface area contributed by atoms with Crippen molar-refractivity contribution in [2.24, 2.45) is 0 Å². The number of hydrogen-bond donors (Lipinski definition) is 0. The van der Waals surface area contributed by atoms with Crippen LogP contribution in [-0.2, 0) is 6.54 Å². The Morgan fingerprint density at radius 1 is 1.33 bits per heavy atom. The number of aromatic nitrogens is 2. The SMILES string of the molecule is COc1cnn(CCN(C)C)c1C(=O)c1ccc(Cl)cc1. The Morgan fingerprint density at radius 3 is 2.57 bits per heavy atom. The number of halogens is 1. The molecule has 6 heteroatoms. The minimum atomic E-state index is -0.125. The van der Waals surface area contributed by atoms with E-state index in [1.807, 2.05) is 19.0 Å².